The highest BCUT2D eigenvalue weighted by atomic mass is 35.5. The smallest absolute Gasteiger partial charge is 0.433 e. The van der Waals surface area contributed by atoms with E-state index in [1.807, 2.05) is 13.8 Å². The van der Waals surface area contributed by atoms with Crippen molar-refractivity contribution in [2.75, 3.05) is 18.7 Å². The quantitative estimate of drug-likeness (QED) is 0.252. The highest BCUT2D eigenvalue weighted by molar-refractivity contribution is 7.99. The monoisotopic (exact) mass is 383 g/mol. The number of allylic oxidation sites excluding steroid dienone is 1. The van der Waals surface area contributed by atoms with Gasteiger partial charge in [-0.25, -0.2) is 4.98 Å². The fraction of sp³-hybridized carbons (Fsp3) is 0.500. The molecule has 0 amide bonds. The van der Waals surface area contributed by atoms with Crippen molar-refractivity contribution in [3.8, 4) is 5.88 Å². The maximum Gasteiger partial charge on any atom is 0.433 e. The predicted octanol–water partition coefficient (Wildman–Crippen LogP) is 4.12. The summed E-state index contributed by atoms with van der Waals surface area (Å²) < 4.78 is 43.4. The number of ether oxygens (including phenoxy) is 1. The van der Waals surface area contributed by atoms with Crippen LogP contribution in [-0.2, 0) is 10.9 Å². The van der Waals surface area contributed by atoms with Gasteiger partial charge in [0.25, 0.3) is 0 Å². The lowest BCUT2D eigenvalue weighted by Crippen LogP contribution is -2.20. The number of aromatic nitrogens is 2. The van der Waals surface area contributed by atoms with E-state index < -0.39 is 23.2 Å². The summed E-state index contributed by atoms with van der Waals surface area (Å²) in [7, 11) is 1.47. The Morgan fingerprint density at radius 3 is 2.62 bits per heavy atom. The highest BCUT2D eigenvalue weighted by Gasteiger charge is 2.34. The SMILES string of the molecule is CO/C(=C/N=C\CCl)C(C)(C)CSc1nc(O)cc(C(F)(F)F)n1. The molecule has 0 bridgehead atoms. The summed E-state index contributed by atoms with van der Waals surface area (Å²) in [4.78, 5) is 11.0. The number of rotatable bonds is 7. The second kappa shape index (κ2) is 8.57. The number of thioether (sulfide) groups is 1. The second-order valence-corrected chi connectivity index (χ2v) is 6.50. The topological polar surface area (TPSA) is 67.6 Å². The van der Waals surface area contributed by atoms with Crippen LogP contribution in [-0.4, -0.2) is 40.0 Å². The summed E-state index contributed by atoms with van der Waals surface area (Å²) in [5, 5.41) is 9.18. The Bertz CT molecular complexity index is 622. The van der Waals surface area contributed by atoms with E-state index in [9.17, 15) is 18.3 Å². The number of hydrogen-bond acceptors (Lipinski definition) is 6. The van der Waals surface area contributed by atoms with Gasteiger partial charge in [-0.3, -0.25) is 4.99 Å². The molecule has 0 unspecified atom stereocenters. The third kappa shape index (κ3) is 6.20. The molecule has 1 heterocycles. The lowest BCUT2D eigenvalue weighted by Gasteiger charge is -2.25. The standard InChI is InChI=1S/C14H17ClF3N3O2S/c1-13(2,10(23-3)7-19-5-4-15)8-24-12-20-9(14(16,17)18)6-11(22)21-12/h5-7H,4,8H2,1-3H3,(H,20,21,22)/b10-7+,19-5-. The average molecular weight is 384 g/mol. The molecule has 1 rings (SSSR count). The van der Waals surface area contributed by atoms with Crippen LogP contribution < -0.4 is 0 Å². The van der Waals surface area contributed by atoms with Gasteiger partial charge in [-0.2, -0.15) is 18.2 Å². The molecule has 1 N–H and O–H groups in total. The molecule has 10 heteroatoms. The molecule has 134 valence electrons. The Hall–Kier alpha value is -1.48. The fourth-order valence-corrected chi connectivity index (χ4v) is 2.64. The van der Waals surface area contributed by atoms with Crippen molar-refractivity contribution in [1.29, 1.82) is 0 Å². The van der Waals surface area contributed by atoms with Gasteiger partial charge in [-0.05, 0) is 0 Å². The zero-order valence-corrected chi connectivity index (χ0v) is 14.8. The summed E-state index contributed by atoms with van der Waals surface area (Å²) >= 11 is 6.47. The number of methoxy groups -OCH3 is 1. The van der Waals surface area contributed by atoms with E-state index in [2.05, 4.69) is 15.0 Å². The van der Waals surface area contributed by atoms with Gasteiger partial charge in [0.1, 0.15) is 5.76 Å². The number of aliphatic imine (C=N–C) groups is 1. The predicted molar refractivity (Wildman–Crippen MR) is 87.5 cm³/mol. The Kier molecular flexibility index (Phi) is 7.34. The van der Waals surface area contributed by atoms with Crippen LogP contribution >= 0.6 is 23.4 Å². The first-order valence-corrected chi connectivity index (χ1v) is 8.22. The van der Waals surface area contributed by atoms with Crippen molar-refractivity contribution < 1.29 is 23.0 Å². The van der Waals surface area contributed by atoms with Crippen molar-refractivity contribution >= 4 is 29.6 Å². The summed E-state index contributed by atoms with van der Waals surface area (Å²) in [6.45, 7) is 3.66. The van der Waals surface area contributed by atoms with Gasteiger partial charge >= 0.3 is 6.18 Å². The minimum absolute atomic E-state index is 0.171. The number of halogens is 4. The summed E-state index contributed by atoms with van der Waals surface area (Å²) in [5.74, 6) is 0.350. The zero-order chi connectivity index (χ0) is 18.4. The van der Waals surface area contributed by atoms with Crippen molar-refractivity contribution in [2.45, 2.75) is 25.2 Å². The van der Waals surface area contributed by atoms with E-state index in [0.717, 1.165) is 11.8 Å². The van der Waals surface area contributed by atoms with Crippen LogP contribution in [0.25, 0.3) is 0 Å². The minimum atomic E-state index is -4.65. The Balaban J connectivity index is 2.92. The van der Waals surface area contributed by atoms with Gasteiger partial charge in [0, 0.05) is 23.4 Å². The van der Waals surface area contributed by atoms with Gasteiger partial charge in [0.05, 0.1) is 19.2 Å². The van der Waals surface area contributed by atoms with Crippen LogP contribution in [0.15, 0.2) is 28.2 Å². The summed E-state index contributed by atoms with van der Waals surface area (Å²) in [6, 6.07) is 0.483. The largest absolute Gasteiger partial charge is 0.499 e. The molecule has 0 aromatic carbocycles. The first-order chi connectivity index (χ1) is 11.1. The zero-order valence-electron chi connectivity index (χ0n) is 13.3. The minimum Gasteiger partial charge on any atom is -0.499 e. The molecule has 5 nitrogen and oxygen atoms in total. The molecule has 24 heavy (non-hydrogen) atoms. The maximum atomic E-state index is 12.7. The summed E-state index contributed by atoms with van der Waals surface area (Å²) in [6.07, 6.45) is -1.68. The van der Waals surface area contributed by atoms with Gasteiger partial charge in [-0.1, -0.05) is 25.6 Å². The van der Waals surface area contributed by atoms with E-state index in [1.54, 1.807) is 0 Å². The number of alkyl halides is 4. The second-order valence-electron chi connectivity index (χ2n) is 5.25. The molecule has 0 saturated heterocycles. The molecule has 1 aromatic rings. The molecule has 1 aromatic heterocycles. The van der Waals surface area contributed by atoms with Gasteiger partial charge in [0.2, 0.25) is 5.88 Å². The number of aromatic hydroxyl groups is 1. The molecule has 0 spiro atoms. The Labute approximate surface area is 147 Å². The fourth-order valence-electron chi connectivity index (χ4n) is 1.60. The average Bonchev–Trinajstić information content (AvgIpc) is 2.48. The number of nitrogens with zero attached hydrogens (tertiary/aromatic N) is 3. The van der Waals surface area contributed by atoms with E-state index in [0.29, 0.717) is 17.6 Å². The van der Waals surface area contributed by atoms with Gasteiger partial charge in [-0.15, -0.1) is 11.6 Å². The highest BCUT2D eigenvalue weighted by Crippen LogP contribution is 2.35. The molecule has 0 aliphatic carbocycles. The van der Waals surface area contributed by atoms with Crippen LogP contribution in [0.5, 0.6) is 5.88 Å². The Morgan fingerprint density at radius 2 is 2.08 bits per heavy atom. The van der Waals surface area contributed by atoms with Crippen molar-refractivity contribution in [3.63, 3.8) is 0 Å². The first-order valence-electron chi connectivity index (χ1n) is 6.70. The van der Waals surface area contributed by atoms with E-state index >= 15 is 0 Å². The van der Waals surface area contributed by atoms with E-state index in [1.165, 1.54) is 19.5 Å². The van der Waals surface area contributed by atoms with Crippen LogP contribution in [0.1, 0.15) is 19.5 Å². The third-order valence-electron chi connectivity index (χ3n) is 2.80. The van der Waals surface area contributed by atoms with Gasteiger partial charge in [0.15, 0.2) is 10.9 Å². The van der Waals surface area contributed by atoms with E-state index in [-0.39, 0.29) is 11.0 Å². The summed E-state index contributed by atoms with van der Waals surface area (Å²) in [5.41, 5.74) is -1.75. The van der Waals surface area contributed by atoms with Crippen LogP contribution in [0.2, 0.25) is 0 Å². The maximum absolute atomic E-state index is 12.7. The first kappa shape index (κ1) is 20.6. The van der Waals surface area contributed by atoms with Crippen molar-refractivity contribution in [3.05, 3.63) is 23.7 Å². The molecule has 0 saturated carbocycles. The van der Waals surface area contributed by atoms with Crippen molar-refractivity contribution in [2.24, 2.45) is 10.4 Å². The molecular weight excluding hydrogens is 367 g/mol. The molecular formula is C14H17ClF3N3O2S. The third-order valence-corrected chi connectivity index (χ3v) is 4.24. The van der Waals surface area contributed by atoms with E-state index in [4.69, 9.17) is 16.3 Å². The van der Waals surface area contributed by atoms with Crippen LogP contribution in [0, 0.1) is 5.41 Å². The molecule has 0 fully saturated rings. The Morgan fingerprint density at radius 1 is 1.42 bits per heavy atom. The number of hydrogen-bond donors (Lipinski definition) is 1. The van der Waals surface area contributed by atoms with Crippen molar-refractivity contribution in [1.82, 2.24) is 9.97 Å². The lowest BCUT2D eigenvalue weighted by atomic mass is 9.94. The lowest BCUT2D eigenvalue weighted by molar-refractivity contribution is -0.141. The molecule has 0 aliphatic heterocycles. The molecule has 0 aliphatic rings. The molecule has 0 radical (unpaired) electrons. The normalized spacial score (nSPS) is 13.5. The van der Waals surface area contributed by atoms with Crippen LogP contribution in [0.4, 0.5) is 13.2 Å². The molecule has 0 atom stereocenters. The van der Waals surface area contributed by atoms with Crippen LogP contribution in [0.3, 0.4) is 0 Å². The van der Waals surface area contributed by atoms with Gasteiger partial charge < -0.3 is 9.84 Å².